The van der Waals surface area contributed by atoms with E-state index in [0.717, 1.165) is 29.8 Å². The molecule has 0 saturated heterocycles. The van der Waals surface area contributed by atoms with Gasteiger partial charge in [0.2, 0.25) is 5.91 Å². The predicted octanol–water partition coefficient (Wildman–Crippen LogP) is 1.67. The topological polar surface area (TPSA) is 62.8 Å². The Morgan fingerprint density at radius 1 is 1.33 bits per heavy atom. The van der Waals surface area contributed by atoms with E-state index in [1.54, 1.807) is 0 Å². The van der Waals surface area contributed by atoms with Gasteiger partial charge in [-0.2, -0.15) is 0 Å². The zero-order valence-electron chi connectivity index (χ0n) is 10.8. The Bertz CT molecular complexity index is 545. The maximum Gasteiger partial charge on any atom is 0.264 e. The van der Waals surface area contributed by atoms with E-state index in [9.17, 15) is 4.79 Å². The van der Waals surface area contributed by atoms with Gasteiger partial charge < -0.3 is 5.73 Å². The number of amides is 1. The monoisotopic (exact) mass is 246 g/mol. The summed E-state index contributed by atoms with van der Waals surface area (Å²) in [4.78, 5) is 14.4. The molecular formula is C14H20N3O+. The fourth-order valence-electron chi connectivity index (χ4n) is 2.26. The predicted molar refractivity (Wildman–Crippen MR) is 70.9 cm³/mol. The molecule has 0 aliphatic carbocycles. The van der Waals surface area contributed by atoms with Gasteiger partial charge >= 0.3 is 0 Å². The van der Waals surface area contributed by atoms with Crippen molar-refractivity contribution in [1.29, 1.82) is 0 Å². The number of aryl methyl sites for hydroxylation is 1. The Balaban J connectivity index is 2.34. The Morgan fingerprint density at radius 3 is 2.83 bits per heavy atom. The van der Waals surface area contributed by atoms with Crippen molar-refractivity contribution >= 4 is 16.9 Å². The Morgan fingerprint density at radius 2 is 2.11 bits per heavy atom. The van der Waals surface area contributed by atoms with Gasteiger partial charge in [0.1, 0.15) is 6.42 Å². The molecule has 0 aliphatic rings. The van der Waals surface area contributed by atoms with Crippen molar-refractivity contribution in [2.45, 2.75) is 39.2 Å². The van der Waals surface area contributed by atoms with Crippen LogP contribution < -0.4 is 10.3 Å². The zero-order chi connectivity index (χ0) is 13.0. The molecule has 1 heterocycles. The largest absolute Gasteiger partial charge is 0.369 e. The van der Waals surface area contributed by atoms with Crippen LogP contribution in [0.25, 0.3) is 11.0 Å². The SMILES string of the molecule is CCCCC[n+]1c(CC(N)=O)[nH]c2ccccc21. The first kappa shape index (κ1) is 12.6. The minimum Gasteiger partial charge on any atom is -0.369 e. The van der Waals surface area contributed by atoms with Crippen molar-refractivity contribution in [3.8, 4) is 0 Å². The molecule has 0 spiro atoms. The summed E-state index contributed by atoms with van der Waals surface area (Å²) in [6.45, 7) is 3.12. The van der Waals surface area contributed by atoms with Crippen LogP contribution in [0.3, 0.4) is 0 Å². The molecule has 4 nitrogen and oxygen atoms in total. The summed E-state index contributed by atoms with van der Waals surface area (Å²) in [6, 6.07) is 8.10. The van der Waals surface area contributed by atoms with Gasteiger partial charge in [-0.15, -0.1) is 0 Å². The Kier molecular flexibility index (Phi) is 3.97. The molecule has 0 radical (unpaired) electrons. The van der Waals surface area contributed by atoms with E-state index in [2.05, 4.69) is 22.5 Å². The third-order valence-corrected chi connectivity index (χ3v) is 3.13. The standard InChI is InChI=1S/C14H19N3O/c1-2-3-6-9-17-12-8-5-4-7-11(12)16-14(17)10-13(15)18/h4-5,7-8H,2-3,6,9-10H2,1H3,(H2,15,18)/p+1. The second-order valence-electron chi connectivity index (χ2n) is 4.59. The van der Waals surface area contributed by atoms with E-state index < -0.39 is 0 Å². The number of nitrogens with one attached hydrogen (secondary N) is 1. The molecule has 0 fully saturated rings. The highest BCUT2D eigenvalue weighted by molar-refractivity contribution is 5.77. The van der Waals surface area contributed by atoms with Crippen LogP contribution >= 0.6 is 0 Å². The highest BCUT2D eigenvalue weighted by Gasteiger charge is 2.19. The van der Waals surface area contributed by atoms with Crippen LogP contribution in [-0.2, 0) is 17.8 Å². The van der Waals surface area contributed by atoms with Gasteiger partial charge in [0, 0.05) is 0 Å². The van der Waals surface area contributed by atoms with Gasteiger partial charge in [-0.3, -0.25) is 4.79 Å². The molecule has 1 aromatic carbocycles. The minimum absolute atomic E-state index is 0.265. The Labute approximate surface area is 107 Å². The van der Waals surface area contributed by atoms with Crippen molar-refractivity contribution in [3.63, 3.8) is 0 Å². The maximum atomic E-state index is 11.1. The number of hydrogen-bond donors (Lipinski definition) is 2. The molecule has 0 bridgehead atoms. The number of nitrogens with zero attached hydrogens (tertiary/aromatic N) is 1. The summed E-state index contributed by atoms with van der Waals surface area (Å²) in [6.07, 6.45) is 3.77. The number of nitrogens with two attached hydrogens (primary N) is 1. The first-order chi connectivity index (χ1) is 8.72. The number of primary amides is 1. The Hall–Kier alpha value is -1.84. The normalized spacial score (nSPS) is 10.9. The number of para-hydroxylation sites is 2. The average molecular weight is 246 g/mol. The smallest absolute Gasteiger partial charge is 0.264 e. The summed E-state index contributed by atoms with van der Waals surface area (Å²) in [5.74, 6) is 0.602. The van der Waals surface area contributed by atoms with E-state index >= 15 is 0 Å². The summed E-state index contributed by atoms with van der Waals surface area (Å²) in [5, 5.41) is 0. The fraction of sp³-hybridized carbons (Fsp3) is 0.429. The highest BCUT2D eigenvalue weighted by Crippen LogP contribution is 2.10. The van der Waals surface area contributed by atoms with E-state index in [0.29, 0.717) is 0 Å². The number of benzene rings is 1. The van der Waals surface area contributed by atoms with Crippen LogP contribution in [-0.4, -0.2) is 10.9 Å². The maximum absolute atomic E-state index is 11.1. The molecular weight excluding hydrogens is 226 g/mol. The van der Waals surface area contributed by atoms with Crippen LogP contribution in [0.4, 0.5) is 0 Å². The van der Waals surface area contributed by atoms with E-state index in [1.807, 2.05) is 18.2 Å². The van der Waals surface area contributed by atoms with Crippen molar-refractivity contribution in [2.75, 3.05) is 0 Å². The summed E-state index contributed by atoms with van der Waals surface area (Å²) in [5.41, 5.74) is 7.50. The van der Waals surface area contributed by atoms with Crippen LogP contribution in [0.2, 0.25) is 0 Å². The van der Waals surface area contributed by atoms with Gasteiger partial charge in [-0.25, -0.2) is 9.55 Å². The number of fused-ring (bicyclic) bond motifs is 1. The first-order valence-electron chi connectivity index (χ1n) is 6.50. The number of carbonyl (C=O) groups excluding carboxylic acids is 1. The van der Waals surface area contributed by atoms with Crippen LogP contribution in [0, 0.1) is 0 Å². The first-order valence-corrected chi connectivity index (χ1v) is 6.50. The summed E-state index contributed by atoms with van der Waals surface area (Å²) >= 11 is 0. The van der Waals surface area contributed by atoms with Crippen LogP contribution in [0.5, 0.6) is 0 Å². The molecule has 2 rings (SSSR count). The number of unbranched alkanes of at least 4 members (excludes halogenated alkanes) is 2. The number of H-pyrrole nitrogens is 1. The molecule has 0 unspecified atom stereocenters. The summed E-state index contributed by atoms with van der Waals surface area (Å²) in [7, 11) is 0. The molecule has 2 aromatic rings. The molecule has 0 saturated carbocycles. The van der Waals surface area contributed by atoms with Gasteiger partial charge in [-0.1, -0.05) is 25.5 Å². The second kappa shape index (κ2) is 5.67. The number of hydrogen-bond acceptors (Lipinski definition) is 1. The quantitative estimate of drug-likeness (QED) is 0.591. The minimum atomic E-state index is -0.300. The third kappa shape index (κ3) is 2.70. The van der Waals surface area contributed by atoms with Gasteiger partial charge in [0.25, 0.3) is 5.82 Å². The van der Waals surface area contributed by atoms with Crippen molar-refractivity contribution in [2.24, 2.45) is 5.73 Å². The zero-order valence-corrected chi connectivity index (χ0v) is 10.8. The van der Waals surface area contributed by atoms with E-state index in [-0.39, 0.29) is 12.3 Å². The highest BCUT2D eigenvalue weighted by atomic mass is 16.1. The van der Waals surface area contributed by atoms with Crippen molar-refractivity contribution in [3.05, 3.63) is 30.1 Å². The molecule has 0 aliphatic heterocycles. The van der Waals surface area contributed by atoms with E-state index in [4.69, 9.17) is 5.73 Å². The van der Waals surface area contributed by atoms with Gasteiger partial charge in [0.05, 0.1) is 6.54 Å². The third-order valence-electron chi connectivity index (χ3n) is 3.13. The molecule has 0 atom stereocenters. The second-order valence-corrected chi connectivity index (χ2v) is 4.59. The molecule has 4 heteroatoms. The lowest BCUT2D eigenvalue weighted by Crippen LogP contribution is -2.39. The fourth-order valence-corrected chi connectivity index (χ4v) is 2.26. The number of imidazole rings is 1. The molecule has 1 aromatic heterocycles. The molecule has 1 amide bonds. The number of aromatic amines is 1. The molecule has 18 heavy (non-hydrogen) atoms. The number of carbonyl (C=O) groups is 1. The number of aromatic nitrogens is 2. The summed E-state index contributed by atoms with van der Waals surface area (Å²) < 4.78 is 2.18. The lowest BCUT2D eigenvalue weighted by Gasteiger charge is -2.00. The lowest BCUT2D eigenvalue weighted by molar-refractivity contribution is -0.678. The van der Waals surface area contributed by atoms with Crippen LogP contribution in [0.15, 0.2) is 24.3 Å². The average Bonchev–Trinajstić information content (AvgIpc) is 2.67. The lowest BCUT2D eigenvalue weighted by atomic mass is 10.2. The molecule has 96 valence electrons. The van der Waals surface area contributed by atoms with Crippen molar-refractivity contribution in [1.82, 2.24) is 4.98 Å². The van der Waals surface area contributed by atoms with Crippen molar-refractivity contribution < 1.29 is 9.36 Å². The van der Waals surface area contributed by atoms with Crippen LogP contribution in [0.1, 0.15) is 32.0 Å². The van der Waals surface area contributed by atoms with Gasteiger partial charge in [0.15, 0.2) is 11.0 Å². The van der Waals surface area contributed by atoms with Gasteiger partial charge in [-0.05, 0) is 25.0 Å². The molecule has 3 N–H and O–H groups in total. The van der Waals surface area contributed by atoms with E-state index in [1.165, 1.54) is 12.8 Å². The number of rotatable bonds is 6.